The van der Waals surface area contributed by atoms with E-state index in [0.717, 1.165) is 12.0 Å². The van der Waals surface area contributed by atoms with E-state index >= 15 is 0 Å². The molecule has 0 aliphatic carbocycles. The third-order valence-electron chi connectivity index (χ3n) is 5.25. The number of fused-ring (bicyclic) bond motifs is 1. The molecule has 0 radical (unpaired) electrons. The summed E-state index contributed by atoms with van der Waals surface area (Å²) in [5.41, 5.74) is 2.32. The number of nitrogens with one attached hydrogen (secondary N) is 2. The summed E-state index contributed by atoms with van der Waals surface area (Å²) in [6.07, 6.45) is 4.72. The predicted octanol–water partition coefficient (Wildman–Crippen LogP) is 2.55. The molecule has 0 spiro atoms. The van der Waals surface area contributed by atoms with Crippen LogP contribution in [0, 0.1) is 0 Å². The van der Waals surface area contributed by atoms with E-state index in [2.05, 4.69) is 24.8 Å². The van der Waals surface area contributed by atoms with Gasteiger partial charge in [-0.25, -0.2) is 18.1 Å². The predicted molar refractivity (Wildman–Crippen MR) is 128 cm³/mol. The molecule has 0 bridgehead atoms. The van der Waals surface area contributed by atoms with Crippen LogP contribution in [-0.2, 0) is 30.0 Å². The smallest absolute Gasteiger partial charge is 0.277 e. The summed E-state index contributed by atoms with van der Waals surface area (Å²) in [5, 5.41) is 4.44. The van der Waals surface area contributed by atoms with Crippen molar-refractivity contribution in [3.05, 3.63) is 64.3 Å². The van der Waals surface area contributed by atoms with Crippen LogP contribution >= 0.6 is 0 Å². The molecule has 0 atom stereocenters. The number of rotatable bonds is 9. The van der Waals surface area contributed by atoms with Crippen molar-refractivity contribution in [2.45, 2.75) is 38.1 Å². The lowest BCUT2D eigenvalue weighted by atomic mass is 10.1. The second-order valence-corrected chi connectivity index (χ2v) is 9.48. The van der Waals surface area contributed by atoms with Crippen LogP contribution in [0.2, 0.25) is 0 Å². The topological polar surface area (TPSA) is 132 Å². The first-order valence-electron chi connectivity index (χ1n) is 11.0. The molecule has 0 fully saturated rings. The molecule has 4 aromatic rings. The lowest BCUT2D eigenvalue weighted by Gasteiger charge is -2.13. The number of benzene rings is 1. The molecule has 178 valence electrons. The van der Waals surface area contributed by atoms with Crippen LogP contribution in [0.1, 0.15) is 31.5 Å². The summed E-state index contributed by atoms with van der Waals surface area (Å²) in [6.45, 7) is 4.30. The Labute approximate surface area is 197 Å². The summed E-state index contributed by atoms with van der Waals surface area (Å²) < 4.78 is 35.8. The molecule has 0 saturated carbocycles. The van der Waals surface area contributed by atoms with Crippen molar-refractivity contribution in [3.8, 4) is 17.1 Å². The van der Waals surface area contributed by atoms with Gasteiger partial charge in [-0.3, -0.25) is 14.5 Å². The van der Waals surface area contributed by atoms with E-state index in [1.807, 2.05) is 13.8 Å². The minimum Gasteiger partial charge on any atom is -0.493 e. The van der Waals surface area contributed by atoms with Crippen LogP contribution in [0.3, 0.4) is 0 Å². The van der Waals surface area contributed by atoms with E-state index in [-0.39, 0.29) is 22.8 Å². The zero-order chi connectivity index (χ0) is 24.3. The largest absolute Gasteiger partial charge is 0.493 e. The van der Waals surface area contributed by atoms with Gasteiger partial charge in [-0.05, 0) is 43.2 Å². The molecule has 34 heavy (non-hydrogen) atoms. The lowest BCUT2D eigenvalue weighted by molar-refractivity contribution is 0.341. The molecule has 11 heteroatoms. The van der Waals surface area contributed by atoms with Gasteiger partial charge in [0.05, 0.1) is 22.8 Å². The van der Waals surface area contributed by atoms with Gasteiger partial charge < -0.3 is 9.72 Å². The Kier molecular flexibility index (Phi) is 6.75. The first-order chi connectivity index (χ1) is 16.3. The van der Waals surface area contributed by atoms with Crippen molar-refractivity contribution in [1.82, 2.24) is 29.5 Å². The number of H-pyrrole nitrogens is 1. The number of nitrogens with zero attached hydrogens (tertiary/aromatic N) is 4. The Morgan fingerprint density at radius 2 is 2.03 bits per heavy atom. The highest BCUT2D eigenvalue weighted by atomic mass is 32.2. The van der Waals surface area contributed by atoms with Gasteiger partial charge in [0.15, 0.2) is 5.52 Å². The number of aromatic amines is 1. The highest BCUT2D eigenvalue weighted by Crippen LogP contribution is 2.31. The Bertz CT molecular complexity index is 1480. The Morgan fingerprint density at radius 1 is 1.21 bits per heavy atom. The van der Waals surface area contributed by atoms with E-state index in [1.165, 1.54) is 16.8 Å². The van der Waals surface area contributed by atoms with Gasteiger partial charge in [-0.1, -0.05) is 19.4 Å². The number of ether oxygens (including phenoxy) is 1. The summed E-state index contributed by atoms with van der Waals surface area (Å²) in [5.74, 6) is 0.632. The zero-order valence-corrected chi connectivity index (χ0v) is 20.0. The summed E-state index contributed by atoms with van der Waals surface area (Å²) in [4.78, 5) is 24.3. The van der Waals surface area contributed by atoms with Gasteiger partial charge in [0, 0.05) is 26.0 Å². The van der Waals surface area contributed by atoms with Gasteiger partial charge in [-0.15, -0.1) is 0 Å². The van der Waals surface area contributed by atoms with Crippen LogP contribution < -0.4 is 15.0 Å². The van der Waals surface area contributed by atoms with Crippen molar-refractivity contribution in [2.24, 2.45) is 7.05 Å². The molecule has 0 aliphatic rings. The number of pyridine rings is 1. The molecule has 0 amide bonds. The molecular formula is C23H26N6O4S. The molecule has 0 unspecified atom stereocenters. The number of aryl methyl sites for hydroxylation is 2. The molecule has 4 rings (SSSR count). The van der Waals surface area contributed by atoms with Crippen molar-refractivity contribution < 1.29 is 13.2 Å². The first kappa shape index (κ1) is 23.6. The maximum Gasteiger partial charge on any atom is 0.277 e. The Morgan fingerprint density at radius 3 is 2.74 bits per heavy atom. The molecule has 3 aromatic heterocycles. The van der Waals surface area contributed by atoms with Gasteiger partial charge in [0.25, 0.3) is 5.56 Å². The Hall–Kier alpha value is -3.57. The second-order valence-electron chi connectivity index (χ2n) is 7.71. The van der Waals surface area contributed by atoms with Gasteiger partial charge >= 0.3 is 0 Å². The minimum atomic E-state index is -3.86. The fourth-order valence-electron chi connectivity index (χ4n) is 3.69. The molecule has 2 N–H and O–H groups in total. The van der Waals surface area contributed by atoms with Crippen molar-refractivity contribution in [3.63, 3.8) is 0 Å². The standard InChI is InChI=1S/C23H26N6O4S/c1-4-7-18-20-21(29(3)28-18)23(30)27-22(26-20)17-12-16(9-10-19(17)33-5-2)34(31,32)25-14-15-8-6-11-24-13-15/h6,8-13,25H,4-5,7,14H2,1-3H3,(H,26,27,30). The van der Waals surface area contributed by atoms with Gasteiger partial charge in [0.1, 0.15) is 17.1 Å². The maximum atomic E-state index is 13.0. The minimum absolute atomic E-state index is 0.0255. The molecule has 10 nitrogen and oxygen atoms in total. The SMILES string of the molecule is CCCc1nn(C)c2c(=O)[nH]c(-c3cc(S(=O)(=O)NCc4cccnc4)ccc3OCC)nc12. The highest BCUT2D eigenvalue weighted by Gasteiger charge is 2.21. The number of aromatic nitrogens is 5. The van der Waals surface area contributed by atoms with Crippen LogP contribution in [0.5, 0.6) is 5.75 Å². The molecule has 3 heterocycles. The van der Waals surface area contributed by atoms with Crippen LogP contribution in [0.4, 0.5) is 0 Å². The van der Waals surface area contributed by atoms with Crippen molar-refractivity contribution >= 4 is 21.1 Å². The average molecular weight is 483 g/mol. The summed E-state index contributed by atoms with van der Waals surface area (Å²) in [6, 6.07) is 8.00. The molecule has 0 saturated heterocycles. The fourth-order valence-corrected chi connectivity index (χ4v) is 4.73. The number of hydrogen-bond donors (Lipinski definition) is 2. The molecule has 0 aliphatic heterocycles. The average Bonchev–Trinajstić information content (AvgIpc) is 3.14. The molecule has 1 aromatic carbocycles. The second kappa shape index (κ2) is 9.74. The van der Waals surface area contributed by atoms with Gasteiger partial charge in [-0.2, -0.15) is 5.10 Å². The lowest BCUT2D eigenvalue weighted by Crippen LogP contribution is -2.23. The summed E-state index contributed by atoms with van der Waals surface area (Å²) >= 11 is 0. The van der Waals surface area contributed by atoms with Crippen molar-refractivity contribution in [2.75, 3.05) is 6.61 Å². The zero-order valence-electron chi connectivity index (χ0n) is 19.2. The third-order valence-corrected chi connectivity index (χ3v) is 6.65. The van der Waals surface area contributed by atoms with E-state index in [0.29, 0.717) is 41.1 Å². The van der Waals surface area contributed by atoms with E-state index < -0.39 is 10.0 Å². The van der Waals surface area contributed by atoms with Gasteiger partial charge in [0.2, 0.25) is 10.0 Å². The van der Waals surface area contributed by atoms with Crippen LogP contribution in [0.15, 0.2) is 52.4 Å². The van der Waals surface area contributed by atoms with E-state index in [1.54, 1.807) is 37.6 Å². The van der Waals surface area contributed by atoms with E-state index in [4.69, 9.17) is 4.74 Å². The van der Waals surface area contributed by atoms with E-state index in [9.17, 15) is 13.2 Å². The third kappa shape index (κ3) is 4.70. The van der Waals surface area contributed by atoms with Crippen LogP contribution in [-0.4, -0.2) is 39.8 Å². The quantitative estimate of drug-likeness (QED) is 0.375. The summed E-state index contributed by atoms with van der Waals surface area (Å²) in [7, 11) is -2.16. The monoisotopic (exact) mass is 482 g/mol. The Balaban J connectivity index is 1.79. The number of sulfonamides is 1. The maximum absolute atomic E-state index is 13.0. The van der Waals surface area contributed by atoms with Crippen LogP contribution in [0.25, 0.3) is 22.4 Å². The molecular weight excluding hydrogens is 456 g/mol. The first-order valence-corrected chi connectivity index (χ1v) is 12.4. The fraction of sp³-hybridized carbons (Fsp3) is 0.304. The number of hydrogen-bond acceptors (Lipinski definition) is 7. The van der Waals surface area contributed by atoms with Crippen molar-refractivity contribution in [1.29, 1.82) is 0 Å². The normalized spacial score (nSPS) is 11.7. The highest BCUT2D eigenvalue weighted by molar-refractivity contribution is 7.89.